The lowest BCUT2D eigenvalue weighted by Gasteiger charge is -2.02. The van der Waals surface area contributed by atoms with Crippen LogP contribution in [0.5, 0.6) is 0 Å². The second kappa shape index (κ2) is 5.93. The molecule has 0 saturated heterocycles. The largest absolute Gasteiger partial charge is 0.384 e. The van der Waals surface area contributed by atoms with E-state index in [1.54, 1.807) is 0 Å². The van der Waals surface area contributed by atoms with E-state index in [1.165, 1.54) is 6.07 Å². The number of aromatic nitrogens is 1. The number of nitrogen functional groups attached to an aromatic ring is 1. The van der Waals surface area contributed by atoms with Gasteiger partial charge in [0.1, 0.15) is 17.6 Å². The zero-order valence-corrected chi connectivity index (χ0v) is 9.68. The topological polar surface area (TPSA) is 99.1 Å². The standard InChI is InChI=1S/C11H15N3O3/c1-2-3-4-5-10(15)8-6-11(12)13-7-9(8)14(16)17/h6-7H,2-5H2,1H3,(H2,12,13). The second-order valence-corrected chi connectivity index (χ2v) is 3.76. The van der Waals surface area contributed by atoms with Crippen molar-refractivity contribution in [2.24, 2.45) is 0 Å². The fraction of sp³-hybridized carbons (Fsp3) is 0.455. The van der Waals surface area contributed by atoms with Crippen LogP contribution < -0.4 is 5.73 Å². The van der Waals surface area contributed by atoms with Gasteiger partial charge in [-0.25, -0.2) is 4.98 Å². The van der Waals surface area contributed by atoms with E-state index >= 15 is 0 Å². The molecule has 1 aromatic rings. The first-order valence-corrected chi connectivity index (χ1v) is 5.49. The van der Waals surface area contributed by atoms with Crippen molar-refractivity contribution in [2.75, 3.05) is 5.73 Å². The average molecular weight is 237 g/mol. The van der Waals surface area contributed by atoms with Gasteiger partial charge in [-0.1, -0.05) is 19.8 Å². The van der Waals surface area contributed by atoms with E-state index in [0.717, 1.165) is 25.5 Å². The predicted octanol–water partition coefficient (Wildman–Crippen LogP) is 2.33. The van der Waals surface area contributed by atoms with Gasteiger partial charge in [0.2, 0.25) is 0 Å². The van der Waals surface area contributed by atoms with Crippen LogP contribution in [0.25, 0.3) is 0 Å². The van der Waals surface area contributed by atoms with Crippen molar-refractivity contribution in [2.45, 2.75) is 32.6 Å². The highest BCUT2D eigenvalue weighted by Crippen LogP contribution is 2.21. The van der Waals surface area contributed by atoms with Crippen LogP contribution in [0.2, 0.25) is 0 Å². The van der Waals surface area contributed by atoms with E-state index in [9.17, 15) is 14.9 Å². The number of carbonyl (C=O) groups excluding carboxylic acids is 1. The number of Topliss-reactive ketones (excluding diaryl/α,β-unsaturated/α-hetero) is 1. The Kier molecular flexibility index (Phi) is 4.56. The molecule has 0 bridgehead atoms. The van der Waals surface area contributed by atoms with Gasteiger partial charge in [0.15, 0.2) is 5.78 Å². The molecule has 6 heteroatoms. The van der Waals surface area contributed by atoms with E-state index < -0.39 is 4.92 Å². The van der Waals surface area contributed by atoms with Crippen molar-refractivity contribution in [1.29, 1.82) is 0 Å². The van der Waals surface area contributed by atoms with E-state index in [1.807, 2.05) is 6.92 Å². The summed E-state index contributed by atoms with van der Waals surface area (Å²) in [4.78, 5) is 25.6. The van der Waals surface area contributed by atoms with E-state index in [-0.39, 0.29) is 22.9 Å². The molecule has 1 aromatic heterocycles. The van der Waals surface area contributed by atoms with Gasteiger partial charge in [0.05, 0.1) is 4.92 Å². The third kappa shape index (κ3) is 3.51. The highest BCUT2D eigenvalue weighted by Gasteiger charge is 2.20. The molecule has 6 nitrogen and oxygen atoms in total. The normalized spacial score (nSPS) is 10.2. The Labute approximate surface area is 99.0 Å². The van der Waals surface area contributed by atoms with Gasteiger partial charge in [-0.2, -0.15) is 0 Å². The van der Waals surface area contributed by atoms with E-state index in [2.05, 4.69) is 4.98 Å². The Bertz CT molecular complexity index is 432. The summed E-state index contributed by atoms with van der Waals surface area (Å²) in [6, 6.07) is 1.27. The van der Waals surface area contributed by atoms with Crippen LogP contribution in [-0.4, -0.2) is 15.7 Å². The minimum atomic E-state index is -0.612. The number of anilines is 1. The van der Waals surface area contributed by atoms with Crippen molar-refractivity contribution in [3.05, 3.63) is 27.9 Å². The first-order valence-electron chi connectivity index (χ1n) is 5.49. The van der Waals surface area contributed by atoms with Gasteiger partial charge in [-0.05, 0) is 12.5 Å². The van der Waals surface area contributed by atoms with Crippen LogP contribution >= 0.6 is 0 Å². The zero-order chi connectivity index (χ0) is 12.8. The molecule has 0 saturated carbocycles. The molecule has 17 heavy (non-hydrogen) atoms. The lowest BCUT2D eigenvalue weighted by molar-refractivity contribution is -0.385. The maximum absolute atomic E-state index is 11.8. The maximum atomic E-state index is 11.8. The lowest BCUT2D eigenvalue weighted by Crippen LogP contribution is -2.06. The Morgan fingerprint density at radius 2 is 2.24 bits per heavy atom. The molecule has 1 heterocycles. The molecular weight excluding hydrogens is 222 g/mol. The number of hydrogen-bond acceptors (Lipinski definition) is 5. The van der Waals surface area contributed by atoms with Crippen LogP contribution in [-0.2, 0) is 0 Å². The van der Waals surface area contributed by atoms with Crippen molar-refractivity contribution in [3.63, 3.8) is 0 Å². The number of nitrogens with zero attached hydrogens (tertiary/aromatic N) is 2. The van der Waals surface area contributed by atoms with E-state index in [4.69, 9.17) is 5.73 Å². The summed E-state index contributed by atoms with van der Waals surface area (Å²) in [5, 5.41) is 10.7. The first-order chi connectivity index (χ1) is 8.06. The Hall–Kier alpha value is -1.98. The van der Waals surface area contributed by atoms with E-state index in [0.29, 0.717) is 6.42 Å². The number of unbranched alkanes of at least 4 members (excludes halogenated alkanes) is 2. The summed E-state index contributed by atoms with van der Waals surface area (Å²) >= 11 is 0. The van der Waals surface area contributed by atoms with Crippen LogP contribution in [0.3, 0.4) is 0 Å². The molecule has 0 radical (unpaired) electrons. The summed E-state index contributed by atoms with van der Waals surface area (Å²) in [5.41, 5.74) is 5.21. The fourth-order valence-corrected chi connectivity index (χ4v) is 1.50. The molecule has 0 amide bonds. The van der Waals surface area contributed by atoms with Crippen LogP contribution in [0.4, 0.5) is 11.5 Å². The molecule has 2 N–H and O–H groups in total. The number of pyridine rings is 1. The summed E-state index contributed by atoms with van der Waals surface area (Å²) < 4.78 is 0. The number of carbonyl (C=O) groups is 1. The highest BCUT2D eigenvalue weighted by atomic mass is 16.6. The molecule has 1 rings (SSSR count). The third-order valence-corrected chi connectivity index (χ3v) is 2.41. The average Bonchev–Trinajstić information content (AvgIpc) is 2.28. The van der Waals surface area contributed by atoms with Crippen LogP contribution in [0.1, 0.15) is 43.0 Å². The van der Waals surface area contributed by atoms with Crippen molar-refractivity contribution >= 4 is 17.3 Å². The number of nitro groups is 1. The third-order valence-electron chi connectivity index (χ3n) is 2.41. The maximum Gasteiger partial charge on any atom is 0.298 e. The second-order valence-electron chi connectivity index (χ2n) is 3.76. The van der Waals surface area contributed by atoms with Gasteiger partial charge in [-0.15, -0.1) is 0 Å². The molecule has 92 valence electrons. The SMILES string of the molecule is CCCCCC(=O)c1cc(N)ncc1[N+](=O)[O-]. The highest BCUT2D eigenvalue weighted by molar-refractivity contribution is 6.00. The predicted molar refractivity (Wildman–Crippen MR) is 63.8 cm³/mol. The minimum absolute atomic E-state index is 0.0543. The minimum Gasteiger partial charge on any atom is -0.384 e. The summed E-state index contributed by atoms with van der Waals surface area (Å²) in [6.07, 6.45) is 3.99. The summed E-state index contributed by atoms with van der Waals surface area (Å²) in [7, 11) is 0. The monoisotopic (exact) mass is 237 g/mol. The zero-order valence-electron chi connectivity index (χ0n) is 9.68. The molecule has 0 unspecified atom stereocenters. The first kappa shape index (κ1) is 13.1. The molecule has 0 atom stereocenters. The molecule has 0 aliphatic heterocycles. The Balaban J connectivity index is 2.90. The van der Waals surface area contributed by atoms with Gasteiger partial charge in [-0.3, -0.25) is 14.9 Å². The van der Waals surface area contributed by atoms with Crippen molar-refractivity contribution < 1.29 is 9.72 Å². The number of ketones is 1. The lowest BCUT2D eigenvalue weighted by atomic mass is 10.0. The molecule has 0 aliphatic rings. The molecule has 0 aromatic carbocycles. The molecule has 0 aliphatic carbocycles. The number of nitrogens with two attached hydrogens (primary N) is 1. The van der Waals surface area contributed by atoms with Crippen LogP contribution in [0.15, 0.2) is 12.3 Å². The summed E-state index contributed by atoms with van der Waals surface area (Å²) in [6.45, 7) is 2.03. The molecule has 0 spiro atoms. The van der Waals surface area contributed by atoms with Gasteiger partial charge < -0.3 is 5.73 Å². The fourth-order valence-electron chi connectivity index (χ4n) is 1.50. The van der Waals surface area contributed by atoms with Gasteiger partial charge in [0, 0.05) is 6.42 Å². The van der Waals surface area contributed by atoms with Gasteiger partial charge >= 0.3 is 0 Å². The van der Waals surface area contributed by atoms with Crippen LogP contribution in [0, 0.1) is 10.1 Å². The smallest absolute Gasteiger partial charge is 0.298 e. The Morgan fingerprint density at radius 1 is 1.53 bits per heavy atom. The van der Waals surface area contributed by atoms with Crippen molar-refractivity contribution in [1.82, 2.24) is 4.98 Å². The number of hydrogen-bond donors (Lipinski definition) is 1. The number of rotatable bonds is 6. The quantitative estimate of drug-likeness (QED) is 0.354. The molecule has 0 fully saturated rings. The Morgan fingerprint density at radius 3 is 2.82 bits per heavy atom. The van der Waals surface area contributed by atoms with Crippen molar-refractivity contribution in [3.8, 4) is 0 Å². The van der Waals surface area contributed by atoms with Gasteiger partial charge in [0.25, 0.3) is 5.69 Å². The molecular formula is C11H15N3O3. The summed E-state index contributed by atoms with van der Waals surface area (Å²) in [5.74, 6) is -0.131.